The van der Waals surface area contributed by atoms with Gasteiger partial charge in [0.1, 0.15) is 0 Å². The van der Waals surface area contributed by atoms with Crippen molar-refractivity contribution in [3.63, 3.8) is 0 Å². The van der Waals surface area contributed by atoms with Crippen LogP contribution >= 0.6 is 0 Å². The molecule has 27 heavy (non-hydrogen) atoms. The van der Waals surface area contributed by atoms with Crippen molar-refractivity contribution in [2.45, 2.75) is 26.1 Å². The molecule has 2 aromatic rings. The minimum absolute atomic E-state index is 0.110. The van der Waals surface area contributed by atoms with Crippen LogP contribution in [-0.4, -0.2) is 23.8 Å². The molecule has 0 heterocycles. The minimum Gasteiger partial charge on any atom is -0.449 e. The number of carbonyl (C=O) groups is 3. The van der Waals surface area contributed by atoms with E-state index in [1.54, 1.807) is 18.2 Å². The van der Waals surface area contributed by atoms with Crippen LogP contribution in [0.5, 0.6) is 0 Å². The van der Waals surface area contributed by atoms with Crippen molar-refractivity contribution < 1.29 is 32.3 Å². The molecule has 1 unspecified atom stereocenters. The van der Waals surface area contributed by atoms with Crippen molar-refractivity contribution in [1.82, 2.24) is 0 Å². The first-order valence-corrected chi connectivity index (χ1v) is 7.88. The Bertz CT molecular complexity index is 860. The zero-order chi connectivity index (χ0) is 20.2. The Hall–Kier alpha value is -3.16. The van der Waals surface area contributed by atoms with E-state index in [0.717, 1.165) is 24.3 Å². The van der Waals surface area contributed by atoms with E-state index in [0.29, 0.717) is 11.3 Å². The van der Waals surface area contributed by atoms with Crippen molar-refractivity contribution in [2.24, 2.45) is 0 Å². The van der Waals surface area contributed by atoms with E-state index in [9.17, 15) is 27.6 Å². The van der Waals surface area contributed by atoms with Gasteiger partial charge < -0.3 is 10.1 Å². The van der Waals surface area contributed by atoms with Gasteiger partial charge in [0, 0.05) is 11.3 Å². The minimum atomic E-state index is -4.51. The average molecular weight is 379 g/mol. The maximum Gasteiger partial charge on any atom is 0.416 e. The number of amides is 1. The van der Waals surface area contributed by atoms with Gasteiger partial charge in [-0.2, -0.15) is 13.2 Å². The molecule has 0 aliphatic heterocycles. The van der Waals surface area contributed by atoms with Crippen molar-refractivity contribution in [3.05, 3.63) is 65.2 Å². The monoisotopic (exact) mass is 379 g/mol. The average Bonchev–Trinajstić information content (AvgIpc) is 2.61. The van der Waals surface area contributed by atoms with Crippen LogP contribution in [0.4, 0.5) is 18.9 Å². The number of esters is 1. The lowest BCUT2D eigenvalue weighted by atomic mass is 10.1. The fourth-order valence-electron chi connectivity index (χ4n) is 2.14. The first-order chi connectivity index (χ1) is 12.6. The summed E-state index contributed by atoms with van der Waals surface area (Å²) >= 11 is 0. The van der Waals surface area contributed by atoms with Gasteiger partial charge in [-0.1, -0.05) is 12.1 Å². The maximum absolute atomic E-state index is 12.5. The highest BCUT2D eigenvalue weighted by Crippen LogP contribution is 2.29. The third-order valence-electron chi connectivity index (χ3n) is 3.64. The number of nitrogens with one attached hydrogen (secondary N) is 1. The van der Waals surface area contributed by atoms with Crippen molar-refractivity contribution in [2.75, 3.05) is 5.32 Å². The van der Waals surface area contributed by atoms with E-state index in [1.165, 1.54) is 19.9 Å². The van der Waals surface area contributed by atoms with Gasteiger partial charge in [0.05, 0.1) is 11.1 Å². The summed E-state index contributed by atoms with van der Waals surface area (Å²) in [5.41, 5.74) is -0.247. The fourth-order valence-corrected chi connectivity index (χ4v) is 2.14. The number of ketones is 1. The number of hydrogen-bond donors (Lipinski definition) is 1. The summed E-state index contributed by atoms with van der Waals surface area (Å²) < 4.78 is 42.6. The first-order valence-electron chi connectivity index (χ1n) is 7.88. The molecule has 0 bridgehead atoms. The number of rotatable bonds is 5. The lowest BCUT2D eigenvalue weighted by Gasteiger charge is -2.14. The van der Waals surface area contributed by atoms with Gasteiger partial charge in [-0.3, -0.25) is 9.59 Å². The van der Waals surface area contributed by atoms with Crippen LogP contribution in [0.25, 0.3) is 0 Å². The molecule has 0 aromatic heterocycles. The molecule has 1 amide bonds. The van der Waals surface area contributed by atoms with Crippen LogP contribution in [0.1, 0.15) is 40.1 Å². The largest absolute Gasteiger partial charge is 0.449 e. The molecular formula is C19H16F3NO4. The van der Waals surface area contributed by atoms with Crippen molar-refractivity contribution in [3.8, 4) is 0 Å². The zero-order valence-electron chi connectivity index (χ0n) is 14.5. The molecule has 0 aliphatic rings. The van der Waals surface area contributed by atoms with Gasteiger partial charge in [-0.15, -0.1) is 0 Å². The van der Waals surface area contributed by atoms with Gasteiger partial charge in [0.25, 0.3) is 5.91 Å². The smallest absolute Gasteiger partial charge is 0.416 e. The quantitative estimate of drug-likeness (QED) is 0.627. The molecule has 2 aromatic carbocycles. The van der Waals surface area contributed by atoms with E-state index in [2.05, 4.69) is 5.32 Å². The summed E-state index contributed by atoms with van der Waals surface area (Å²) in [7, 11) is 0. The molecule has 0 fully saturated rings. The predicted octanol–water partition coefficient (Wildman–Crippen LogP) is 4.09. The Morgan fingerprint density at radius 1 is 1.00 bits per heavy atom. The van der Waals surface area contributed by atoms with Gasteiger partial charge in [-0.25, -0.2) is 4.79 Å². The molecule has 8 heteroatoms. The molecule has 0 radical (unpaired) electrons. The highest BCUT2D eigenvalue weighted by atomic mass is 19.4. The molecular weight excluding hydrogens is 363 g/mol. The number of hydrogen-bond acceptors (Lipinski definition) is 4. The van der Waals surface area contributed by atoms with Crippen LogP contribution in [-0.2, 0) is 15.7 Å². The van der Waals surface area contributed by atoms with Crippen LogP contribution in [0.2, 0.25) is 0 Å². The van der Waals surface area contributed by atoms with Crippen LogP contribution in [0.15, 0.2) is 48.5 Å². The Morgan fingerprint density at radius 2 is 1.63 bits per heavy atom. The summed E-state index contributed by atoms with van der Waals surface area (Å²) in [6.07, 6.45) is -5.70. The van der Waals surface area contributed by atoms with E-state index in [4.69, 9.17) is 4.74 Å². The zero-order valence-corrected chi connectivity index (χ0v) is 14.5. The standard InChI is InChI=1S/C19H16F3NO4/c1-11(24)14-4-3-5-16(10-14)23-17(25)12(2)27-18(26)13-6-8-15(9-7-13)19(20,21)22/h3-10,12H,1-2H3,(H,23,25). The summed E-state index contributed by atoms with van der Waals surface area (Å²) in [4.78, 5) is 35.5. The number of ether oxygens (including phenoxy) is 1. The van der Waals surface area contributed by atoms with Gasteiger partial charge in [0.2, 0.25) is 0 Å². The molecule has 0 aliphatic carbocycles. The third kappa shape index (κ3) is 5.40. The number of alkyl halides is 3. The summed E-state index contributed by atoms with van der Waals surface area (Å²) in [6.45, 7) is 2.71. The second kappa shape index (κ2) is 8.03. The SMILES string of the molecule is CC(=O)c1cccc(NC(=O)C(C)OC(=O)c2ccc(C(F)(F)F)cc2)c1. The first kappa shape index (κ1) is 20.2. The molecule has 5 nitrogen and oxygen atoms in total. The molecule has 0 saturated carbocycles. The maximum atomic E-state index is 12.5. The topological polar surface area (TPSA) is 72.5 Å². The highest BCUT2D eigenvalue weighted by Gasteiger charge is 2.30. The Balaban J connectivity index is 2.00. The molecule has 0 spiro atoms. The highest BCUT2D eigenvalue weighted by molar-refractivity contribution is 5.99. The van der Waals surface area contributed by atoms with Gasteiger partial charge in [0.15, 0.2) is 11.9 Å². The second-order valence-electron chi connectivity index (χ2n) is 5.75. The number of halogens is 3. The Morgan fingerprint density at radius 3 is 2.19 bits per heavy atom. The van der Waals surface area contributed by atoms with Gasteiger partial charge >= 0.3 is 12.1 Å². The summed E-state index contributed by atoms with van der Waals surface area (Å²) in [6, 6.07) is 9.69. The van der Waals surface area contributed by atoms with E-state index in [1.807, 2.05) is 0 Å². The Labute approximate surface area is 153 Å². The Kier molecular flexibility index (Phi) is 5.99. The van der Waals surface area contributed by atoms with Crippen LogP contribution in [0, 0.1) is 0 Å². The van der Waals surface area contributed by atoms with Crippen molar-refractivity contribution in [1.29, 1.82) is 0 Å². The molecule has 0 saturated heterocycles. The second-order valence-corrected chi connectivity index (χ2v) is 5.75. The predicted molar refractivity (Wildman–Crippen MR) is 91.4 cm³/mol. The van der Waals surface area contributed by atoms with E-state index >= 15 is 0 Å². The normalized spacial score (nSPS) is 12.2. The van der Waals surface area contributed by atoms with E-state index in [-0.39, 0.29) is 11.3 Å². The summed E-state index contributed by atoms with van der Waals surface area (Å²) in [5.74, 6) is -1.74. The lowest BCUT2D eigenvalue weighted by Crippen LogP contribution is -2.30. The van der Waals surface area contributed by atoms with Crippen LogP contribution < -0.4 is 5.32 Å². The molecule has 1 N–H and O–H groups in total. The number of carbonyl (C=O) groups excluding carboxylic acids is 3. The fraction of sp³-hybridized carbons (Fsp3) is 0.211. The number of benzene rings is 2. The van der Waals surface area contributed by atoms with Crippen molar-refractivity contribution >= 4 is 23.3 Å². The lowest BCUT2D eigenvalue weighted by molar-refractivity contribution is -0.137. The van der Waals surface area contributed by atoms with Gasteiger partial charge in [-0.05, 0) is 50.2 Å². The molecule has 1 atom stereocenters. The third-order valence-corrected chi connectivity index (χ3v) is 3.64. The van der Waals surface area contributed by atoms with E-state index < -0.39 is 29.7 Å². The van der Waals surface area contributed by atoms with Crippen LogP contribution in [0.3, 0.4) is 0 Å². The molecule has 142 valence electrons. The number of Topliss-reactive ketones (excluding diaryl/α,β-unsaturated/α-hetero) is 1. The number of anilines is 1. The summed E-state index contributed by atoms with van der Waals surface area (Å²) in [5, 5.41) is 2.51. The molecule has 2 rings (SSSR count).